The maximum atomic E-state index is 11.1. The Bertz CT molecular complexity index is 673. The molecule has 0 unspecified atom stereocenters. The van der Waals surface area contributed by atoms with Crippen LogP contribution in [0.3, 0.4) is 0 Å². The summed E-state index contributed by atoms with van der Waals surface area (Å²) in [6.07, 6.45) is 3.35. The zero-order valence-corrected chi connectivity index (χ0v) is 11.7. The minimum absolute atomic E-state index is 0.165. The van der Waals surface area contributed by atoms with E-state index in [-0.39, 0.29) is 23.7 Å². The molecule has 0 aliphatic rings. The van der Waals surface area contributed by atoms with Gasteiger partial charge in [0.05, 0.1) is 29.4 Å². The van der Waals surface area contributed by atoms with Gasteiger partial charge in [0.15, 0.2) is 11.5 Å². The quantitative estimate of drug-likeness (QED) is 0.648. The number of hydrogen-bond acceptors (Lipinski definition) is 6. The van der Waals surface area contributed by atoms with Gasteiger partial charge in [-0.1, -0.05) is 0 Å². The molecule has 2 rings (SSSR count). The molecule has 1 heterocycles. The molecule has 1 aromatic heterocycles. The largest absolute Gasteiger partial charge is 0.504 e. The number of anilines is 1. The van der Waals surface area contributed by atoms with Crippen LogP contribution in [0.2, 0.25) is 0 Å². The van der Waals surface area contributed by atoms with Crippen LogP contribution in [0.5, 0.6) is 11.5 Å². The fraction of sp³-hybridized carbons (Fsp3) is 0.214. The number of methoxy groups -OCH3 is 1. The monoisotopic (exact) mass is 289 g/mol. The highest BCUT2D eigenvalue weighted by atomic mass is 16.6. The van der Waals surface area contributed by atoms with E-state index in [1.165, 1.54) is 13.2 Å². The third-order valence-electron chi connectivity index (χ3n) is 2.93. The number of ether oxygens (including phenoxy) is 1. The standard InChI is InChI=1S/C14H15N3O4/c1-9-3-11(8-15-6-9)16-7-10-4-14(21-2)13(18)5-12(10)17(19)20/h3-6,8,16,18H,7H2,1-2H3. The predicted octanol–water partition coefficient (Wildman–Crippen LogP) is 2.62. The molecule has 0 atom stereocenters. The molecule has 0 aliphatic heterocycles. The molecular formula is C14H15N3O4. The van der Waals surface area contributed by atoms with Crippen LogP contribution in [0.1, 0.15) is 11.1 Å². The van der Waals surface area contributed by atoms with Crippen molar-refractivity contribution in [1.29, 1.82) is 0 Å². The number of benzene rings is 1. The van der Waals surface area contributed by atoms with Crippen LogP contribution in [0.4, 0.5) is 11.4 Å². The number of aryl methyl sites for hydroxylation is 1. The Balaban J connectivity index is 2.27. The Morgan fingerprint density at radius 2 is 2.14 bits per heavy atom. The fourth-order valence-corrected chi connectivity index (χ4v) is 1.92. The molecule has 0 aliphatic carbocycles. The maximum absolute atomic E-state index is 11.1. The van der Waals surface area contributed by atoms with Gasteiger partial charge in [-0.05, 0) is 24.6 Å². The molecule has 2 aromatic rings. The molecule has 2 N–H and O–H groups in total. The van der Waals surface area contributed by atoms with E-state index >= 15 is 0 Å². The van der Waals surface area contributed by atoms with E-state index in [0.29, 0.717) is 5.56 Å². The first kappa shape index (κ1) is 14.6. The predicted molar refractivity (Wildman–Crippen MR) is 77.6 cm³/mol. The van der Waals surface area contributed by atoms with Gasteiger partial charge in [-0.3, -0.25) is 15.1 Å². The highest BCUT2D eigenvalue weighted by Crippen LogP contribution is 2.33. The number of nitro groups is 1. The number of pyridine rings is 1. The average molecular weight is 289 g/mol. The van der Waals surface area contributed by atoms with Crippen molar-refractivity contribution < 1.29 is 14.8 Å². The lowest BCUT2D eigenvalue weighted by Crippen LogP contribution is -2.04. The third kappa shape index (κ3) is 3.38. The van der Waals surface area contributed by atoms with E-state index in [2.05, 4.69) is 10.3 Å². The van der Waals surface area contributed by atoms with Crippen molar-refractivity contribution in [3.05, 3.63) is 51.8 Å². The number of nitro benzene ring substituents is 1. The van der Waals surface area contributed by atoms with Gasteiger partial charge >= 0.3 is 0 Å². The second-order valence-electron chi connectivity index (χ2n) is 4.51. The summed E-state index contributed by atoms with van der Waals surface area (Å²) < 4.78 is 4.98. The minimum atomic E-state index is -0.537. The van der Waals surface area contributed by atoms with Crippen molar-refractivity contribution in [2.24, 2.45) is 0 Å². The van der Waals surface area contributed by atoms with Gasteiger partial charge in [-0.2, -0.15) is 0 Å². The first-order valence-electron chi connectivity index (χ1n) is 6.21. The molecule has 0 spiro atoms. The van der Waals surface area contributed by atoms with Gasteiger partial charge in [0.1, 0.15) is 0 Å². The molecule has 0 fully saturated rings. The number of aromatic hydroxyl groups is 1. The number of aromatic nitrogens is 1. The molecule has 110 valence electrons. The molecule has 0 radical (unpaired) electrons. The SMILES string of the molecule is COc1cc(CNc2cncc(C)c2)c([N+](=O)[O-])cc1O. The molecule has 7 nitrogen and oxygen atoms in total. The lowest BCUT2D eigenvalue weighted by atomic mass is 10.1. The van der Waals surface area contributed by atoms with Gasteiger partial charge in [-0.15, -0.1) is 0 Å². The van der Waals surface area contributed by atoms with Crippen LogP contribution in [-0.4, -0.2) is 22.1 Å². The summed E-state index contributed by atoms with van der Waals surface area (Å²) in [5.74, 6) is -0.0649. The van der Waals surface area contributed by atoms with Crippen LogP contribution in [0, 0.1) is 17.0 Å². The van der Waals surface area contributed by atoms with Crippen molar-refractivity contribution >= 4 is 11.4 Å². The Labute approximate surface area is 121 Å². The Kier molecular flexibility index (Phi) is 4.22. The summed E-state index contributed by atoms with van der Waals surface area (Å²) >= 11 is 0. The van der Waals surface area contributed by atoms with Crippen molar-refractivity contribution in [3.8, 4) is 11.5 Å². The van der Waals surface area contributed by atoms with Crippen LogP contribution >= 0.6 is 0 Å². The third-order valence-corrected chi connectivity index (χ3v) is 2.93. The van der Waals surface area contributed by atoms with E-state index in [1.807, 2.05) is 13.0 Å². The zero-order chi connectivity index (χ0) is 15.4. The molecule has 7 heteroatoms. The van der Waals surface area contributed by atoms with Crippen molar-refractivity contribution in [2.45, 2.75) is 13.5 Å². The average Bonchev–Trinajstić information content (AvgIpc) is 2.45. The first-order valence-corrected chi connectivity index (χ1v) is 6.21. The summed E-state index contributed by atoms with van der Waals surface area (Å²) in [5, 5.41) is 23.7. The molecule has 1 aromatic carbocycles. The number of phenolic OH excluding ortho intramolecular Hbond substituents is 1. The number of rotatable bonds is 5. The Hall–Kier alpha value is -2.83. The number of hydrogen-bond donors (Lipinski definition) is 2. The molecule has 0 bridgehead atoms. The lowest BCUT2D eigenvalue weighted by Gasteiger charge is -2.10. The number of nitrogens with one attached hydrogen (secondary N) is 1. The van der Waals surface area contributed by atoms with Crippen LogP contribution in [0.15, 0.2) is 30.6 Å². The molecule has 0 amide bonds. The summed E-state index contributed by atoms with van der Waals surface area (Å²) in [6.45, 7) is 2.13. The zero-order valence-electron chi connectivity index (χ0n) is 11.7. The molecule has 0 saturated carbocycles. The van der Waals surface area contributed by atoms with Gasteiger partial charge in [0, 0.05) is 18.9 Å². The van der Waals surface area contributed by atoms with Gasteiger partial charge < -0.3 is 15.2 Å². The smallest absolute Gasteiger partial charge is 0.278 e. The molecular weight excluding hydrogens is 274 g/mol. The van der Waals surface area contributed by atoms with E-state index in [0.717, 1.165) is 17.3 Å². The van der Waals surface area contributed by atoms with Crippen molar-refractivity contribution in [1.82, 2.24) is 4.98 Å². The lowest BCUT2D eigenvalue weighted by molar-refractivity contribution is -0.385. The molecule has 21 heavy (non-hydrogen) atoms. The molecule has 0 saturated heterocycles. The maximum Gasteiger partial charge on any atom is 0.278 e. The number of nitrogens with zero attached hydrogens (tertiary/aromatic N) is 2. The van der Waals surface area contributed by atoms with Crippen molar-refractivity contribution in [2.75, 3.05) is 12.4 Å². The fourth-order valence-electron chi connectivity index (χ4n) is 1.92. The van der Waals surface area contributed by atoms with E-state index in [4.69, 9.17) is 4.74 Å². The van der Waals surface area contributed by atoms with E-state index in [9.17, 15) is 15.2 Å². The number of phenols is 1. The summed E-state index contributed by atoms with van der Waals surface area (Å²) in [7, 11) is 1.39. The van der Waals surface area contributed by atoms with Crippen molar-refractivity contribution in [3.63, 3.8) is 0 Å². The highest BCUT2D eigenvalue weighted by Gasteiger charge is 2.18. The Morgan fingerprint density at radius 1 is 1.38 bits per heavy atom. The second-order valence-corrected chi connectivity index (χ2v) is 4.51. The normalized spacial score (nSPS) is 10.2. The van der Waals surface area contributed by atoms with Gasteiger partial charge in [-0.25, -0.2) is 0 Å². The van der Waals surface area contributed by atoms with Crippen LogP contribution in [0.25, 0.3) is 0 Å². The summed E-state index contributed by atoms with van der Waals surface area (Å²) in [4.78, 5) is 14.6. The minimum Gasteiger partial charge on any atom is -0.504 e. The highest BCUT2D eigenvalue weighted by molar-refractivity contribution is 5.55. The second kappa shape index (κ2) is 6.08. The summed E-state index contributed by atoms with van der Waals surface area (Å²) in [6, 6.07) is 4.42. The van der Waals surface area contributed by atoms with E-state index in [1.54, 1.807) is 12.4 Å². The van der Waals surface area contributed by atoms with Gasteiger partial charge in [0.2, 0.25) is 0 Å². The summed E-state index contributed by atoms with van der Waals surface area (Å²) in [5.41, 5.74) is 1.99. The van der Waals surface area contributed by atoms with Crippen LogP contribution < -0.4 is 10.1 Å². The van der Waals surface area contributed by atoms with Crippen LogP contribution in [-0.2, 0) is 6.54 Å². The topological polar surface area (TPSA) is 97.5 Å². The first-order chi connectivity index (χ1) is 10.0. The van der Waals surface area contributed by atoms with E-state index < -0.39 is 4.92 Å². The Morgan fingerprint density at radius 3 is 2.76 bits per heavy atom. The van der Waals surface area contributed by atoms with Gasteiger partial charge in [0.25, 0.3) is 5.69 Å².